The highest BCUT2D eigenvalue weighted by Gasteiger charge is 2.22. The van der Waals surface area contributed by atoms with Crippen LogP contribution < -0.4 is 21.9 Å². The SMILES string of the molecule is N=C(N)c1ccc2nc(-c3cc(C(=O)NCC(N)=O)cc(-c4cc(S(N)(=O)=O)ccc4O)c3O)[nH]c2c1. The predicted octanol–water partition coefficient (Wildman–Crippen LogP) is 0.455. The largest absolute Gasteiger partial charge is 0.507 e. The standard InChI is InChI=1S/C23H21N7O6S/c24-19(32)9-28-23(34)11-5-14(13-8-12(37(27,35)36)2-4-18(13)31)20(33)15(6-11)22-29-16-3-1-10(21(25)26)7-17(16)30-22/h1-8,31,33H,9H2,(H2,24,32)(H3,25,26)(H,28,34)(H,29,30)(H2,27,35,36). The number of carbonyl (C=O) groups is 2. The quantitative estimate of drug-likeness (QED) is 0.124. The molecule has 14 heteroatoms. The van der Waals surface area contributed by atoms with E-state index in [1.165, 1.54) is 12.1 Å². The molecule has 1 aromatic heterocycles. The minimum atomic E-state index is -4.17. The smallest absolute Gasteiger partial charge is 0.251 e. The molecule has 0 aliphatic rings. The maximum absolute atomic E-state index is 12.8. The van der Waals surface area contributed by atoms with Gasteiger partial charge in [-0.25, -0.2) is 18.5 Å². The molecule has 0 unspecified atom stereocenters. The van der Waals surface area contributed by atoms with E-state index in [2.05, 4.69) is 15.3 Å². The van der Waals surface area contributed by atoms with E-state index in [0.29, 0.717) is 16.6 Å². The number of primary amides is 1. The number of benzene rings is 3. The number of rotatable bonds is 7. The molecule has 4 aromatic rings. The zero-order chi connectivity index (χ0) is 27.1. The molecule has 13 nitrogen and oxygen atoms in total. The number of carbonyl (C=O) groups excluding carboxylic acids is 2. The van der Waals surface area contributed by atoms with Gasteiger partial charge in [-0.15, -0.1) is 0 Å². The molecule has 0 aliphatic carbocycles. The van der Waals surface area contributed by atoms with Crippen LogP contribution in [-0.4, -0.2) is 52.8 Å². The Morgan fingerprint density at radius 1 is 0.973 bits per heavy atom. The summed E-state index contributed by atoms with van der Waals surface area (Å²) in [4.78, 5) is 31.0. The first-order valence-corrected chi connectivity index (χ1v) is 12.0. The number of aromatic hydroxyl groups is 2. The van der Waals surface area contributed by atoms with Gasteiger partial charge in [0.05, 0.1) is 28.0 Å². The van der Waals surface area contributed by atoms with Crippen LogP contribution in [0.15, 0.2) is 53.4 Å². The van der Waals surface area contributed by atoms with Gasteiger partial charge in [0.15, 0.2) is 0 Å². The van der Waals surface area contributed by atoms with Crippen LogP contribution in [0.4, 0.5) is 0 Å². The maximum atomic E-state index is 12.8. The van der Waals surface area contributed by atoms with Crippen LogP contribution in [-0.2, 0) is 14.8 Å². The number of sulfonamides is 1. The fraction of sp³-hybridized carbons (Fsp3) is 0.0435. The monoisotopic (exact) mass is 523 g/mol. The van der Waals surface area contributed by atoms with Crippen LogP contribution in [0.3, 0.4) is 0 Å². The van der Waals surface area contributed by atoms with Crippen molar-refractivity contribution in [2.24, 2.45) is 16.6 Å². The molecular weight excluding hydrogens is 502 g/mol. The number of aromatic nitrogens is 2. The summed E-state index contributed by atoms with van der Waals surface area (Å²) in [7, 11) is -4.17. The maximum Gasteiger partial charge on any atom is 0.251 e. The molecule has 4 rings (SSSR count). The molecule has 0 fully saturated rings. The number of hydrogen-bond donors (Lipinski definition) is 8. The number of imidazole rings is 1. The molecular formula is C23H21N7O6S. The molecule has 0 bridgehead atoms. The third kappa shape index (κ3) is 5.05. The summed E-state index contributed by atoms with van der Waals surface area (Å²) in [6, 6.07) is 10.5. The molecule has 1 heterocycles. The molecule has 0 radical (unpaired) electrons. The van der Waals surface area contributed by atoms with Crippen molar-refractivity contribution in [3.8, 4) is 34.0 Å². The van der Waals surface area contributed by atoms with E-state index in [1.807, 2.05) is 0 Å². The lowest BCUT2D eigenvalue weighted by Gasteiger charge is -2.14. The highest BCUT2D eigenvalue weighted by Crippen LogP contribution is 2.42. The van der Waals surface area contributed by atoms with Gasteiger partial charge in [-0.1, -0.05) is 0 Å². The Kier molecular flexibility index (Phi) is 6.29. The number of phenols is 2. The third-order valence-electron chi connectivity index (χ3n) is 5.43. The number of nitrogens with zero attached hydrogens (tertiary/aromatic N) is 1. The second-order valence-corrected chi connectivity index (χ2v) is 9.59. The van der Waals surface area contributed by atoms with Crippen molar-refractivity contribution < 1.29 is 28.2 Å². The number of amides is 2. The minimum Gasteiger partial charge on any atom is -0.507 e. The molecule has 37 heavy (non-hydrogen) atoms. The van der Waals surface area contributed by atoms with E-state index in [0.717, 1.165) is 18.2 Å². The summed E-state index contributed by atoms with van der Waals surface area (Å²) < 4.78 is 23.8. The first kappa shape index (κ1) is 25.2. The Morgan fingerprint density at radius 2 is 1.68 bits per heavy atom. The number of primary sulfonamides is 1. The topological polar surface area (TPSA) is 251 Å². The summed E-state index contributed by atoms with van der Waals surface area (Å²) >= 11 is 0. The number of amidine groups is 1. The highest BCUT2D eigenvalue weighted by atomic mass is 32.2. The van der Waals surface area contributed by atoms with Gasteiger partial charge >= 0.3 is 0 Å². The van der Waals surface area contributed by atoms with Crippen LogP contribution in [0.2, 0.25) is 0 Å². The van der Waals surface area contributed by atoms with Crippen molar-refractivity contribution in [2.45, 2.75) is 4.90 Å². The zero-order valence-electron chi connectivity index (χ0n) is 18.9. The number of hydrogen-bond acceptors (Lipinski definition) is 8. The molecule has 0 saturated heterocycles. The van der Waals surface area contributed by atoms with Gasteiger partial charge in [-0.3, -0.25) is 15.0 Å². The van der Waals surface area contributed by atoms with E-state index < -0.39 is 39.9 Å². The lowest BCUT2D eigenvalue weighted by atomic mass is 9.96. The first-order chi connectivity index (χ1) is 17.3. The fourth-order valence-corrected chi connectivity index (χ4v) is 4.17. The summed E-state index contributed by atoms with van der Waals surface area (Å²) in [5, 5.41) is 36.8. The predicted molar refractivity (Wildman–Crippen MR) is 134 cm³/mol. The Morgan fingerprint density at radius 3 is 2.32 bits per heavy atom. The summed E-state index contributed by atoms with van der Waals surface area (Å²) in [5.74, 6) is -2.43. The van der Waals surface area contributed by atoms with Gasteiger partial charge in [0.25, 0.3) is 5.91 Å². The lowest BCUT2D eigenvalue weighted by molar-refractivity contribution is -0.117. The minimum absolute atomic E-state index is 0.0164. The van der Waals surface area contributed by atoms with Crippen molar-refractivity contribution in [3.63, 3.8) is 0 Å². The molecule has 190 valence electrons. The summed E-state index contributed by atoms with van der Waals surface area (Å²) in [6.07, 6.45) is 0. The highest BCUT2D eigenvalue weighted by molar-refractivity contribution is 7.89. The molecule has 0 aliphatic heterocycles. The average molecular weight is 524 g/mol. The van der Waals surface area contributed by atoms with Crippen LogP contribution in [0.1, 0.15) is 15.9 Å². The second kappa shape index (κ2) is 9.25. The van der Waals surface area contributed by atoms with Crippen molar-refractivity contribution >= 4 is 38.7 Å². The number of nitrogens with one attached hydrogen (secondary N) is 3. The van der Waals surface area contributed by atoms with E-state index in [4.69, 9.17) is 22.0 Å². The van der Waals surface area contributed by atoms with Crippen molar-refractivity contribution in [3.05, 3.63) is 59.7 Å². The number of fused-ring (bicyclic) bond motifs is 1. The van der Waals surface area contributed by atoms with Crippen molar-refractivity contribution in [1.29, 1.82) is 5.41 Å². The van der Waals surface area contributed by atoms with Crippen LogP contribution in [0, 0.1) is 5.41 Å². The molecule has 3 aromatic carbocycles. The summed E-state index contributed by atoms with van der Waals surface area (Å²) in [5.41, 5.74) is 11.7. The van der Waals surface area contributed by atoms with E-state index in [9.17, 15) is 28.2 Å². The molecule has 0 spiro atoms. The Labute approximate surface area is 209 Å². The molecule has 11 N–H and O–H groups in total. The van der Waals surface area contributed by atoms with Gasteiger partial charge in [0, 0.05) is 22.3 Å². The number of phenolic OH excluding ortho intramolecular Hbond substituents is 2. The average Bonchev–Trinajstić information content (AvgIpc) is 3.25. The van der Waals surface area contributed by atoms with E-state index >= 15 is 0 Å². The van der Waals surface area contributed by atoms with E-state index in [-0.39, 0.29) is 38.8 Å². The third-order valence-corrected chi connectivity index (χ3v) is 6.34. The molecule has 2 amide bonds. The van der Waals surface area contributed by atoms with Gasteiger partial charge < -0.3 is 32.0 Å². The Hall–Kier alpha value is -4.95. The van der Waals surface area contributed by atoms with E-state index in [1.54, 1.807) is 18.2 Å². The number of nitrogens with two attached hydrogens (primary N) is 3. The van der Waals surface area contributed by atoms with Gasteiger partial charge in [0.1, 0.15) is 23.2 Å². The van der Waals surface area contributed by atoms with Crippen LogP contribution >= 0.6 is 0 Å². The lowest BCUT2D eigenvalue weighted by Crippen LogP contribution is -2.33. The second-order valence-electron chi connectivity index (χ2n) is 8.02. The van der Waals surface area contributed by atoms with Crippen LogP contribution in [0.25, 0.3) is 33.5 Å². The first-order valence-electron chi connectivity index (χ1n) is 10.5. The fourth-order valence-electron chi connectivity index (χ4n) is 3.63. The Balaban J connectivity index is 1.96. The number of nitrogen functional groups attached to an aromatic ring is 1. The van der Waals surface area contributed by atoms with Gasteiger partial charge in [0.2, 0.25) is 15.9 Å². The number of H-pyrrole nitrogens is 1. The van der Waals surface area contributed by atoms with Crippen molar-refractivity contribution in [2.75, 3.05) is 6.54 Å². The molecule has 0 saturated carbocycles. The number of aromatic amines is 1. The summed E-state index contributed by atoms with van der Waals surface area (Å²) in [6.45, 7) is -0.463. The van der Waals surface area contributed by atoms with Gasteiger partial charge in [-0.05, 0) is 48.5 Å². The van der Waals surface area contributed by atoms with Gasteiger partial charge in [-0.2, -0.15) is 0 Å². The van der Waals surface area contributed by atoms with Crippen LogP contribution in [0.5, 0.6) is 11.5 Å². The zero-order valence-corrected chi connectivity index (χ0v) is 19.8. The molecule has 0 atom stereocenters. The van der Waals surface area contributed by atoms with Crippen molar-refractivity contribution in [1.82, 2.24) is 15.3 Å². The normalized spacial score (nSPS) is 11.4. The Bertz CT molecular complexity index is 1710.